The van der Waals surface area contributed by atoms with Crippen LogP contribution in [0.4, 0.5) is 0 Å². The summed E-state index contributed by atoms with van der Waals surface area (Å²) in [5, 5.41) is 11.9. The van der Waals surface area contributed by atoms with Gasteiger partial charge in [0.1, 0.15) is 31.5 Å². The zero-order valence-corrected chi connectivity index (χ0v) is 41.8. The Bertz CT molecular complexity index is 3170. The van der Waals surface area contributed by atoms with Crippen LogP contribution < -0.4 is 0 Å². The molecule has 2 saturated heterocycles. The van der Waals surface area contributed by atoms with Crippen molar-refractivity contribution in [3.8, 4) is 0 Å². The number of carbonyl (C=O) groups excluding carboxylic acids is 7. The van der Waals surface area contributed by atoms with Gasteiger partial charge >= 0.3 is 41.8 Å². The Morgan fingerprint density at radius 2 is 0.557 bits per heavy atom. The minimum Gasteiger partial charge on any atom is -0.459 e. The average molecular weight is 1070 g/mol. The SMILES string of the molecule is O=C(OCC1O[C@@H](O)C(OC(=O)c2ccccc2)C(OC(=O)c2ccccc2)[C@@H]1O[C@@H]1OC(COC(=O)c2ccccc2)[C@H](OC(=O)c2ccccc2)[C@H](OC(=O)c2ccccc2)C1OC(=O)c1ccccc1)c1ccccc1. The van der Waals surface area contributed by atoms with E-state index in [2.05, 4.69) is 0 Å². The number of benzene rings is 7. The maximum atomic E-state index is 14.5. The largest absolute Gasteiger partial charge is 0.459 e. The van der Waals surface area contributed by atoms with Crippen LogP contribution in [0.25, 0.3) is 0 Å². The van der Waals surface area contributed by atoms with Gasteiger partial charge in [0, 0.05) is 0 Å². The Labute approximate surface area is 452 Å². The summed E-state index contributed by atoms with van der Waals surface area (Å²) >= 11 is 0. The van der Waals surface area contributed by atoms with E-state index in [4.69, 9.17) is 47.4 Å². The van der Waals surface area contributed by atoms with E-state index in [-0.39, 0.29) is 38.9 Å². The van der Waals surface area contributed by atoms with Gasteiger partial charge in [0.25, 0.3) is 0 Å². The minimum atomic E-state index is -2.12. The molecule has 18 heteroatoms. The fourth-order valence-electron chi connectivity index (χ4n) is 8.59. The number of aliphatic hydroxyl groups is 1. The zero-order chi connectivity index (χ0) is 55.1. The lowest BCUT2D eigenvalue weighted by molar-refractivity contribution is -0.352. The summed E-state index contributed by atoms with van der Waals surface area (Å²) in [7, 11) is 0. The molecule has 2 aliphatic heterocycles. The van der Waals surface area contributed by atoms with E-state index in [0.29, 0.717) is 0 Å². The van der Waals surface area contributed by atoms with E-state index >= 15 is 0 Å². The number of ether oxygens (including phenoxy) is 10. The topological polar surface area (TPSA) is 232 Å². The van der Waals surface area contributed by atoms with Crippen LogP contribution in [0.5, 0.6) is 0 Å². The third-order valence-electron chi connectivity index (χ3n) is 12.5. The fraction of sp³-hybridized carbons (Fsp3) is 0.197. The van der Waals surface area contributed by atoms with Crippen LogP contribution >= 0.6 is 0 Å². The summed E-state index contributed by atoms with van der Waals surface area (Å²) in [4.78, 5) is 98.6. The van der Waals surface area contributed by atoms with Crippen molar-refractivity contribution in [2.75, 3.05) is 13.2 Å². The maximum absolute atomic E-state index is 14.5. The lowest BCUT2D eigenvalue weighted by Gasteiger charge is -2.48. The molecule has 2 fully saturated rings. The summed E-state index contributed by atoms with van der Waals surface area (Å²) in [5.74, 6) is -6.72. The zero-order valence-electron chi connectivity index (χ0n) is 41.8. The Kier molecular flexibility index (Phi) is 18.0. The van der Waals surface area contributed by atoms with Crippen molar-refractivity contribution in [1.29, 1.82) is 0 Å². The van der Waals surface area contributed by atoms with Crippen LogP contribution in [-0.4, -0.2) is 122 Å². The maximum Gasteiger partial charge on any atom is 0.338 e. The first-order chi connectivity index (χ1) is 38.5. The molecule has 402 valence electrons. The number of hydrogen-bond acceptors (Lipinski definition) is 18. The molecule has 0 radical (unpaired) electrons. The highest BCUT2D eigenvalue weighted by atomic mass is 16.8. The molecule has 1 N–H and O–H groups in total. The van der Waals surface area contributed by atoms with Gasteiger partial charge in [-0.3, -0.25) is 0 Å². The van der Waals surface area contributed by atoms with Gasteiger partial charge in [-0.1, -0.05) is 127 Å². The predicted octanol–water partition coefficient (Wildman–Crippen LogP) is 7.66. The first-order valence-corrected chi connectivity index (χ1v) is 24.9. The molecule has 9 rings (SSSR count). The standard InChI is InChI=1S/C61H50O18/c62-53(38-22-8-1-9-23-38)70-36-45-48(49(75-56(65)41-28-14-4-15-29-41)51(60(69)72-45)77-58(67)43-32-18-6-19-33-43)79-61-52(78-59(68)44-34-20-7-21-35-44)50(76-57(66)42-30-16-5-17-31-42)47(74-55(64)40-26-12-3-13-27-40)46(73-61)37-71-54(63)39-24-10-2-11-25-39/h1-35,45-52,60-61,69H,36-37H2/t45?,46?,47-,48+,49?,50-,51?,52?,60+,61-/m0/s1. The van der Waals surface area contributed by atoms with Crippen molar-refractivity contribution in [2.45, 2.75) is 61.4 Å². The Morgan fingerprint density at radius 3 is 0.886 bits per heavy atom. The molecule has 7 aromatic rings. The molecule has 7 aromatic carbocycles. The van der Waals surface area contributed by atoms with E-state index in [9.17, 15) is 38.7 Å². The number of hydrogen-bond donors (Lipinski definition) is 1. The van der Waals surface area contributed by atoms with Crippen molar-refractivity contribution in [3.05, 3.63) is 251 Å². The highest BCUT2D eigenvalue weighted by Gasteiger charge is 2.58. The summed E-state index contributed by atoms with van der Waals surface area (Å²) in [6.45, 7) is -1.50. The second kappa shape index (κ2) is 26.1. The smallest absolute Gasteiger partial charge is 0.338 e. The van der Waals surface area contributed by atoms with Crippen LogP contribution in [0, 0.1) is 0 Å². The molecule has 0 spiro atoms. The van der Waals surface area contributed by atoms with Gasteiger partial charge in [0.05, 0.1) is 38.9 Å². The summed E-state index contributed by atoms with van der Waals surface area (Å²) < 4.78 is 62.0. The number of aliphatic hydroxyl groups excluding tert-OH is 1. The van der Waals surface area contributed by atoms with Gasteiger partial charge in [-0.2, -0.15) is 0 Å². The second-order valence-electron chi connectivity index (χ2n) is 17.8. The van der Waals surface area contributed by atoms with Gasteiger partial charge in [-0.05, 0) is 84.9 Å². The number of carbonyl (C=O) groups is 7. The van der Waals surface area contributed by atoms with Crippen molar-refractivity contribution in [3.63, 3.8) is 0 Å². The average Bonchev–Trinajstić information content (AvgIpc) is 3.51. The normalized spacial score (nSPS) is 22.4. The van der Waals surface area contributed by atoms with Gasteiger partial charge in [0.2, 0.25) is 0 Å². The third-order valence-corrected chi connectivity index (χ3v) is 12.5. The van der Waals surface area contributed by atoms with Crippen LogP contribution in [0.3, 0.4) is 0 Å². The molecule has 0 bridgehead atoms. The van der Waals surface area contributed by atoms with E-state index in [1.807, 2.05) is 0 Å². The first-order valence-electron chi connectivity index (χ1n) is 24.9. The molecule has 18 nitrogen and oxygen atoms in total. The fourth-order valence-corrected chi connectivity index (χ4v) is 8.59. The number of rotatable bonds is 18. The molecule has 0 saturated carbocycles. The predicted molar refractivity (Wildman–Crippen MR) is 276 cm³/mol. The van der Waals surface area contributed by atoms with Gasteiger partial charge < -0.3 is 52.5 Å². The van der Waals surface area contributed by atoms with Crippen LogP contribution in [0.1, 0.15) is 72.5 Å². The molecule has 2 heterocycles. The second-order valence-corrected chi connectivity index (χ2v) is 17.8. The third kappa shape index (κ3) is 13.8. The van der Waals surface area contributed by atoms with Gasteiger partial charge in [-0.25, -0.2) is 33.6 Å². The van der Waals surface area contributed by atoms with Crippen LogP contribution in [0.2, 0.25) is 0 Å². The summed E-state index contributed by atoms with van der Waals surface area (Å²) in [5.41, 5.74) is 0.298. The molecular formula is C61H50O18. The highest BCUT2D eigenvalue weighted by Crippen LogP contribution is 2.36. The Hall–Kier alpha value is -9.33. The van der Waals surface area contributed by atoms with Crippen LogP contribution in [-0.2, 0) is 47.4 Å². The van der Waals surface area contributed by atoms with E-state index in [1.165, 1.54) is 84.9 Å². The molecule has 5 unspecified atom stereocenters. The molecule has 0 aliphatic carbocycles. The lowest BCUT2D eigenvalue weighted by Crippen LogP contribution is -2.67. The molecule has 0 aromatic heterocycles. The quantitative estimate of drug-likeness (QED) is 0.0642. The van der Waals surface area contributed by atoms with Gasteiger partial charge in [0.15, 0.2) is 43.1 Å². The Morgan fingerprint density at radius 1 is 0.304 bits per heavy atom. The van der Waals surface area contributed by atoms with E-state index in [0.717, 1.165) is 0 Å². The summed E-state index contributed by atoms with van der Waals surface area (Å²) in [6.07, 6.45) is -19.0. The van der Waals surface area contributed by atoms with Crippen molar-refractivity contribution >= 4 is 41.8 Å². The van der Waals surface area contributed by atoms with Crippen molar-refractivity contribution < 1.29 is 86.0 Å². The van der Waals surface area contributed by atoms with Crippen molar-refractivity contribution in [2.24, 2.45) is 0 Å². The lowest BCUT2D eigenvalue weighted by atomic mass is 9.95. The van der Waals surface area contributed by atoms with E-state index < -0.39 is 116 Å². The molecule has 2 aliphatic rings. The number of esters is 7. The molecule has 79 heavy (non-hydrogen) atoms. The first kappa shape index (κ1) is 54.5. The molecule has 10 atom stereocenters. The van der Waals surface area contributed by atoms with Crippen LogP contribution in [0.15, 0.2) is 212 Å². The Balaban J connectivity index is 1.18. The minimum absolute atomic E-state index is 0.00210. The monoisotopic (exact) mass is 1070 g/mol. The molecular weight excluding hydrogens is 1020 g/mol. The van der Waals surface area contributed by atoms with Gasteiger partial charge in [-0.15, -0.1) is 0 Å². The molecule has 0 amide bonds. The van der Waals surface area contributed by atoms with E-state index in [1.54, 1.807) is 127 Å². The van der Waals surface area contributed by atoms with Crippen molar-refractivity contribution in [1.82, 2.24) is 0 Å². The summed E-state index contributed by atoms with van der Waals surface area (Å²) in [6, 6.07) is 54.1. The highest BCUT2D eigenvalue weighted by molar-refractivity contribution is 5.93.